The van der Waals surface area contributed by atoms with E-state index in [1.165, 1.54) is 32.4 Å². The predicted octanol–water partition coefficient (Wildman–Crippen LogP) is 1.65. The molecule has 5 heteroatoms. The minimum Gasteiger partial charge on any atom is -0.370 e. The fourth-order valence-electron chi connectivity index (χ4n) is 2.06. The maximum Gasteiger partial charge on any atom is 0.188 e. The Balaban J connectivity index is 0.00000256. The van der Waals surface area contributed by atoms with Crippen molar-refractivity contribution in [3.8, 4) is 0 Å². The van der Waals surface area contributed by atoms with Crippen molar-refractivity contribution in [3.63, 3.8) is 0 Å². The average molecular weight is 354 g/mol. The van der Waals surface area contributed by atoms with Crippen LogP contribution < -0.4 is 11.1 Å². The first-order chi connectivity index (χ1) is 7.58. The van der Waals surface area contributed by atoms with Crippen LogP contribution in [0.4, 0.5) is 0 Å². The number of hydrogen-bond acceptors (Lipinski definition) is 2. The summed E-state index contributed by atoms with van der Waals surface area (Å²) in [7, 11) is 2.19. The third-order valence-corrected chi connectivity index (χ3v) is 3.09. The zero-order valence-corrected chi connectivity index (χ0v) is 13.6. The second-order valence-corrected chi connectivity index (χ2v) is 5.10. The van der Waals surface area contributed by atoms with Crippen LogP contribution in [0, 0.1) is 5.92 Å². The van der Waals surface area contributed by atoms with Gasteiger partial charge in [0.15, 0.2) is 5.96 Å². The molecule has 0 atom stereocenters. The first-order valence-electron chi connectivity index (χ1n) is 6.33. The minimum atomic E-state index is 0. The quantitative estimate of drug-likeness (QED) is 0.459. The van der Waals surface area contributed by atoms with Gasteiger partial charge >= 0.3 is 0 Å². The van der Waals surface area contributed by atoms with E-state index in [0.29, 0.717) is 12.0 Å². The van der Waals surface area contributed by atoms with Gasteiger partial charge in [0.2, 0.25) is 0 Å². The molecule has 0 bridgehead atoms. The molecule has 1 rings (SSSR count). The van der Waals surface area contributed by atoms with Crippen LogP contribution in [-0.2, 0) is 0 Å². The molecule has 1 heterocycles. The highest BCUT2D eigenvalue weighted by Crippen LogP contribution is 2.19. The van der Waals surface area contributed by atoms with Crippen LogP contribution in [0.5, 0.6) is 0 Å². The van der Waals surface area contributed by atoms with Crippen molar-refractivity contribution in [3.05, 3.63) is 0 Å². The Morgan fingerprint density at radius 2 is 2.00 bits per heavy atom. The summed E-state index contributed by atoms with van der Waals surface area (Å²) in [4.78, 5) is 6.74. The van der Waals surface area contributed by atoms with Gasteiger partial charge in [-0.25, -0.2) is 0 Å². The average Bonchev–Trinajstić information content (AvgIpc) is 2.20. The molecule has 4 nitrogen and oxygen atoms in total. The van der Waals surface area contributed by atoms with Crippen LogP contribution >= 0.6 is 24.0 Å². The molecule has 0 aliphatic carbocycles. The monoisotopic (exact) mass is 354 g/mol. The second kappa shape index (κ2) is 8.97. The van der Waals surface area contributed by atoms with Gasteiger partial charge in [0, 0.05) is 12.6 Å². The molecular formula is C12H27IN4. The predicted molar refractivity (Wildman–Crippen MR) is 85.0 cm³/mol. The van der Waals surface area contributed by atoms with Gasteiger partial charge in [0.1, 0.15) is 0 Å². The van der Waals surface area contributed by atoms with Crippen molar-refractivity contribution in [2.24, 2.45) is 16.6 Å². The highest BCUT2D eigenvalue weighted by molar-refractivity contribution is 14.0. The van der Waals surface area contributed by atoms with Crippen LogP contribution in [-0.4, -0.2) is 43.6 Å². The lowest BCUT2D eigenvalue weighted by atomic mass is 9.94. The molecule has 0 aromatic heterocycles. The Bertz CT molecular complexity index is 223. The Kier molecular flexibility index (Phi) is 8.94. The lowest BCUT2D eigenvalue weighted by Gasteiger charge is -2.28. The molecule has 1 saturated heterocycles. The van der Waals surface area contributed by atoms with Gasteiger partial charge in [-0.1, -0.05) is 0 Å². The van der Waals surface area contributed by atoms with Crippen molar-refractivity contribution >= 4 is 29.9 Å². The van der Waals surface area contributed by atoms with Gasteiger partial charge in [-0.3, -0.25) is 4.99 Å². The van der Waals surface area contributed by atoms with Gasteiger partial charge in [-0.05, 0) is 59.2 Å². The van der Waals surface area contributed by atoms with E-state index in [-0.39, 0.29) is 24.0 Å². The SMILES string of the molecule is CC(C)NC(N)=NCCC1CCN(C)CC1.I. The van der Waals surface area contributed by atoms with Crippen molar-refractivity contribution < 1.29 is 0 Å². The van der Waals surface area contributed by atoms with E-state index in [4.69, 9.17) is 5.73 Å². The van der Waals surface area contributed by atoms with Gasteiger partial charge in [0.25, 0.3) is 0 Å². The highest BCUT2D eigenvalue weighted by Gasteiger charge is 2.15. The smallest absolute Gasteiger partial charge is 0.188 e. The third kappa shape index (κ3) is 7.81. The number of aliphatic imine (C=N–C) groups is 1. The van der Waals surface area contributed by atoms with Gasteiger partial charge < -0.3 is 16.0 Å². The second-order valence-electron chi connectivity index (χ2n) is 5.10. The number of piperidine rings is 1. The maximum atomic E-state index is 5.74. The minimum absolute atomic E-state index is 0. The molecular weight excluding hydrogens is 327 g/mol. The van der Waals surface area contributed by atoms with Crippen molar-refractivity contribution in [1.29, 1.82) is 0 Å². The molecule has 17 heavy (non-hydrogen) atoms. The summed E-state index contributed by atoms with van der Waals surface area (Å²) in [5.74, 6) is 1.43. The summed E-state index contributed by atoms with van der Waals surface area (Å²) in [6.07, 6.45) is 3.79. The number of nitrogens with zero attached hydrogens (tertiary/aromatic N) is 2. The molecule has 1 fully saturated rings. The topological polar surface area (TPSA) is 53.6 Å². The van der Waals surface area contributed by atoms with E-state index < -0.39 is 0 Å². The van der Waals surface area contributed by atoms with Crippen LogP contribution in [0.3, 0.4) is 0 Å². The zero-order valence-electron chi connectivity index (χ0n) is 11.3. The number of likely N-dealkylation sites (tertiary alicyclic amines) is 1. The summed E-state index contributed by atoms with van der Waals surface area (Å²) in [6.45, 7) is 7.46. The summed E-state index contributed by atoms with van der Waals surface area (Å²) < 4.78 is 0. The number of nitrogens with one attached hydrogen (secondary N) is 1. The Hall–Kier alpha value is -0.0400. The van der Waals surface area contributed by atoms with Crippen LogP contribution in [0.25, 0.3) is 0 Å². The van der Waals surface area contributed by atoms with Crippen LogP contribution in [0.15, 0.2) is 4.99 Å². The molecule has 0 spiro atoms. The van der Waals surface area contributed by atoms with Gasteiger partial charge in [-0.15, -0.1) is 24.0 Å². The normalized spacial score (nSPS) is 19.2. The summed E-state index contributed by atoms with van der Waals surface area (Å²) in [6, 6.07) is 0.368. The van der Waals surface area contributed by atoms with E-state index in [0.717, 1.165) is 12.5 Å². The Labute approximate surface area is 122 Å². The number of hydrogen-bond donors (Lipinski definition) is 2. The molecule has 102 valence electrons. The Morgan fingerprint density at radius 3 is 2.53 bits per heavy atom. The fourth-order valence-corrected chi connectivity index (χ4v) is 2.06. The molecule has 0 unspecified atom stereocenters. The number of nitrogens with two attached hydrogens (primary N) is 1. The van der Waals surface area contributed by atoms with Crippen LogP contribution in [0.1, 0.15) is 33.1 Å². The molecule has 0 amide bonds. The van der Waals surface area contributed by atoms with Crippen molar-refractivity contribution in [2.75, 3.05) is 26.7 Å². The van der Waals surface area contributed by atoms with E-state index in [9.17, 15) is 0 Å². The first-order valence-corrected chi connectivity index (χ1v) is 6.33. The van der Waals surface area contributed by atoms with Crippen LogP contribution in [0.2, 0.25) is 0 Å². The number of halogens is 1. The molecule has 0 saturated carbocycles. The van der Waals surface area contributed by atoms with E-state index in [1.54, 1.807) is 0 Å². The van der Waals surface area contributed by atoms with Gasteiger partial charge in [0.05, 0.1) is 0 Å². The highest BCUT2D eigenvalue weighted by atomic mass is 127. The summed E-state index contributed by atoms with van der Waals surface area (Å²) in [5, 5.41) is 3.11. The first kappa shape index (κ1) is 17.0. The number of rotatable bonds is 4. The lowest BCUT2D eigenvalue weighted by molar-refractivity contribution is 0.214. The molecule has 0 aromatic rings. The zero-order chi connectivity index (χ0) is 12.0. The van der Waals surface area contributed by atoms with E-state index >= 15 is 0 Å². The summed E-state index contributed by atoms with van der Waals surface area (Å²) in [5.41, 5.74) is 5.74. The van der Waals surface area contributed by atoms with E-state index in [2.05, 4.69) is 36.1 Å². The molecule has 0 aromatic carbocycles. The molecule has 3 N–H and O–H groups in total. The standard InChI is InChI=1S/C12H26N4.HI/c1-10(2)15-12(13)14-7-4-11-5-8-16(3)9-6-11;/h10-11H,4-9H2,1-3H3,(H3,13,14,15);1H. The molecule has 1 aliphatic rings. The Morgan fingerprint density at radius 1 is 1.41 bits per heavy atom. The maximum absolute atomic E-state index is 5.74. The largest absolute Gasteiger partial charge is 0.370 e. The van der Waals surface area contributed by atoms with Gasteiger partial charge in [-0.2, -0.15) is 0 Å². The number of guanidine groups is 1. The third-order valence-electron chi connectivity index (χ3n) is 3.09. The molecule has 0 radical (unpaired) electrons. The fraction of sp³-hybridized carbons (Fsp3) is 0.917. The van der Waals surface area contributed by atoms with Crippen molar-refractivity contribution in [2.45, 2.75) is 39.2 Å². The van der Waals surface area contributed by atoms with E-state index in [1.807, 2.05) is 0 Å². The lowest BCUT2D eigenvalue weighted by Crippen LogP contribution is -2.37. The van der Waals surface area contributed by atoms with Crippen molar-refractivity contribution in [1.82, 2.24) is 10.2 Å². The summed E-state index contributed by atoms with van der Waals surface area (Å²) >= 11 is 0. The molecule has 1 aliphatic heterocycles.